The van der Waals surface area contributed by atoms with Crippen LogP contribution in [0.4, 0.5) is 20.6 Å². The number of amides is 2. The number of nitrogens with zero attached hydrogens (tertiary/aromatic N) is 2. The minimum absolute atomic E-state index is 0.0253. The molecule has 1 saturated heterocycles. The number of hydrogen-bond donors (Lipinski definition) is 1. The maximum Gasteiger partial charge on any atom is 0.321 e. The van der Waals surface area contributed by atoms with Crippen molar-refractivity contribution in [3.05, 3.63) is 59.4 Å². The van der Waals surface area contributed by atoms with Crippen molar-refractivity contribution in [1.82, 2.24) is 4.90 Å². The van der Waals surface area contributed by atoms with Gasteiger partial charge in [-0.1, -0.05) is 12.1 Å². The lowest BCUT2D eigenvalue weighted by molar-refractivity contribution is 0.208. The minimum Gasteiger partial charge on any atom is -0.368 e. The molecule has 4 rings (SSSR count). The van der Waals surface area contributed by atoms with Crippen LogP contribution in [-0.2, 0) is 12.8 Å². The van der Waals surface area contributed by atoms with Gasteiger partial charge in [-0.3, -0.25) is 0 Å². The van der Waals surface area contributed by atoms with Gasteiger partial charge >= 0.3 is 6.03 Å². The molecule has 0 bridgehead atoms. The summed E-state index contributed by atoms with van der Waals surface area (Å²) in [5, 5.41) is 3.12. The van der Waals surface area contributed by atoms with Crippen molar-refractivity contribution >= 4 is 17.4 Å². The number of fused-ring (bicyclic) bond motifs is 1. The number of benzene rings is 2. The Morgan fingerprint density at radius 2 is 1.65 bits per heavy atom. The quantitative estimate of drug-likeness (QED) is 0.884. The maximum atomic E-state index is 13.1. The van der Waals surface area contributed by atoms with E-state index in [4.69, 9.17) is 0 Å². The molecule has 5 heteroatoms. The molecule has 0 aromatic heterocycles. The molecule has 1 N–H and O–H groups in total. The SMILES string of the molecule is O=C(Nc1cccc2c1CCCC2)N1CCN(c2ccc(F)cc2)CC1. The lowest BCUT2D eigenvalue weighted by Gasteiger charge is -2.36. The number of carbonyl (C=O) groups is 1. The monoisotopic (exact) mass is 353 g/mol. The molecule has 2 aromatic rings. The zero-order valence-corrected chi connectivity index (χ0v) is 14.9. The molecule has 136 valence electrons. The fourth-order valence-electron chi connectivity index (χ4n) is 3.91. The minimum atomic E-state index is -0.224. The second kappa shape index (κ2) is 7.36. The van der Waals surface area contributed by atoms with Gasteiger partial charge in [0.1, 0.15) is 5.82 Å². The summed E-state index contributed by atoms with van der Waals surface area (Å²) in [5.74, 6) is -0.224. The lowest BCUT2D eigenvalue weighted by Crippen LogP contribution is -2.50. The normalized spacial score (nSPS) is 17.0. The van der Waals surface area contributed by atoms with Gasteiger partial charge in [0.15, 0.2) is 0 Å². The van der Waals surface area contributed by atoms with Crippen LogP contribution in [0.3, 0.4) is 0 Å². The predicted octanol–water partition coefficient (Wildman–Crippen LogP) is 4.06. The molecule has 4 nitrogen and oxygen atoms in total. The van der Waals surface area contributed by atoms with Crippen LogP contribution in [0, 0.1) is 5.82 Å². The lowest BCUT2D eigenvalue weighted by atomic mass is 9.90. The smallest absolute Gasteiger partial charge is 0.321 e. The largest absolute Gasteiger partial charge is 0.368 e. The van der Waals surface area contributed by atoms with Gasteiger partial charge in [-0.15, -0.1) is 0 Å². The van der Waals surface area contributed by atoms with Gasteiger partial charge in [0.25, 0.3) is 0 Å². The van der Waals surface area contributed by atoms with E-state index in [-0.39, 0.29) is 11.8 Å². The van der Waals surface area contributed by atoms with Gasteiger partial charge in [0, 0.05) is 37.6 Å². The maximum absolute atomic E-state index is 13.1. The third-order valence-electron chi connectivity index (χ3n) is 5.40. The van der Waals surface area contributed by atoms with Crippen molar-refractivity contribution in [2.45, 2.75) is 25.7 Å². The van der Waals surface area contributed by atoms with Crippen LogP contribution >= 0.6 is 0 Å². The molecule has 1 heterocycles. The number of rotatable bonds is 2. The van der Waals surface area contributed by atoms with Crippen molar-refractivity contribution < 1.29 is 9.18 Å². The first-order valence-electron chi connectivity index (χ1n) is 9.38. The predicted molar refractivity (Wildman–Crippen MR) is 102 cm³/mol. The third-order valence-corrected chi connectivity index (χ3v) is 5.40. The molecule has 26 heavy (non-hydrogen) atoms. The van der Waals surface area contributed by atoms with Gasteiger partial charge in [-0.2, -0.15) is 0 Å². The molecule has 1 fully saturated rings. The Bertz CT molecular complexity index is 782. The topological polar surface area (TPSA) is 35.6 Å². The van der Waals surface area contributed by atoms with Crippen molar-refractivity contribution in [1.29, 1.82) is 0 Å². The summed E-state index contributed by atoms with van der Waals surface area (Å²) >= 11 is 0. The number of halogens is 1. The fourth-order valence-corrected chi connectivity index (χ4v) is 3.91. The molecule has 2 aliphatic rings. The molecule has 2 aromatic carbocycles. The van der Waals surface area contributed by atoms with Crippen molar-refractivity contribution in [3.8, 4) is 0 Å². The molecule has 0 atom stereocenters. The van der Waals surface area contributed by atoms with Gasteiger partial charge in [0.05, 0.1) is 0 Å². The fraction of sp³-hybridized carbons (Fsp3) is 0.381. The first-order chi connectivity index (χ1) is 12.7. The first-order valence-corrected chi connectivity index (χ1v) is 9.38. The first kappa shape index (κ1) is 16.9. The van der Waals surface area contributed by atoms with Crippen LogP contribution in [0.25, 0.3) is 0 Å². The number of hydrogen-bond acceptors (Lipinski definition) is 2. The summed E-state index contributed by atoms with van der Waals surface area (Å²) in [6.45, 7) is 2.84. The summed E-state index contributed by atoms with van der Waals surface area (Å²) in [7, 11) is 0. The highest BCUT2D eigenvalue weighted by atomic mass is 19.1. The number of piperazine rings is 1. The summed E-state index contributed by atoms with van der Waals surface area (Å²) in [4.78, 5) is 16.7. The number of nitrogens with one attached hydrogen (secondary N) is 1. The second-order valence-electron chi connectivity index (χ2n) is 7.03. The van der Waals surface area contributed by atoms with E-state index in [2.05, 4.69) is 16.3 Å². The van der Waals surface area contributed by atoms with Crippen LogP contribution < -0.4 is 10.2 Å². The molecule has 2 amide bonds. The Kier molecular flexibility index (Phi) is 4.78. The van der Waals surface area contributed by atoms with Crippen LogP contribution in [0.2, 0.25) is 0 Å². The van der Waals surface area contributed by atoms with E-state index in [0.29, 0.717) is 13.1 Å². The average Bonchev–Trinajstić information content (AvgIpc) is 2.69. The standard InChI is InChI=1S/C21H24FN3O/c22-17-8-10-18(11-9-17)24-12-14-25(15-13-24)21(26)23-20-7-3-5-16-4-1-2-6-19(16)20/h3,5,7-11H,1-2,4,6,12-15H2,(H,23,26). The second-order valence-corrected chi connectivity index (χ2v) is 7.03. The molecular weight excluding hydrogens is 329 g/mol. The van der Waals surface area contributed by atoms with E-state index in [1.165, 1.54) is 36.1 Å². The zero-order valence-electron chi connectivity index (χ0n) is 14.9. The average molecular weight is 353 g/mol. The Morgan fingerprint density at radius 3 is 2.42 bits per heavy atom. The molecule has 1 aliphatic heterocycles. The Balaban J connectivity index is 1.38. The van der Waals surface area contributed by atoms with Crippen LogP contribution in [0.1, 0.15) is 24.0 Å². The van der Waals surface area contributed by atoms with E-state index in [1.807, 2.05) is 17.0 Å². The van der Waals surface area contributed by atoms with E-state index in [9.17, 15) is 9.18 Å². The number of carbonyl (C=O) groups excluding carboxylic acids is 1. The molecule has 0 radical (unpaired) electrons. The van der Waals surface area contributed by atoms with E-state index in [1.54, 1.807) is 12.1 Å². The summed E-state index contributed by atoms with van der Waals surface area (Å²) in [6.07, 6.45) is 4.57. The molecule has 0 unspecified atom stereocenters. The van der Waals surface area contributed by atoms with Gasteiger partial charge in [0.2, 0.25) is 0 Å². The molecule has 0 saturated carbocycles. The number of urea groups is 1. The van der Waals surface area contributed by atoms with E-state index >= 15 is 0 Å². The summed E-state index contributed by atoms with van der Waals surface area (Å²) < 4.78 is 13.1. The molecular formula is C21H24FN3O. The molecule has 0 spiro atoms. The Morgan fingerprint density at radius 1 is 0.923 bits per heavy atom. The highest BCUT2D eigenvalue weighted by Crippen LogP contribution is 2.28. The number of anilines is 2. The third kappa shape index (κ3) is 3.52. The van der Waals surface area contributed by atoms with Crippen molar-refractivity contribution in [2.75, 3.05) is 36.4 Å². The Hall–Kier alpha value is -2.56. The number of aryl methyl sites for hydroxylation is 1. The van der Waals surface area contributed by atoms with Gasteiger partial charge in [-0.05, 0) is 67.1 Å². The molecule has 1 aliphatic carbocycles. The Labute approximate surface area is 153 Å². The summed E-state index contributed by atoms with van der Waals surface area (Å²) in [5.41, 5.74) is 4.64. The van der Waals surface area contributed by atoms with Crippen LogP contribution in [-0.4, -0.2) is 37.1 Å². The van der Waals surface area contributed by atoms with Crippen LogP contribution in [0.15, 0.2) is 42.5 Å². The van der Waals surface area contributed by atoms with Gasteiger partial charge < -0.3 is 15.1 Å². The van der Waals surface area contributed by atoms with E-state index < -0.39 is 0 Å². The van der Waals surface area contributed by atoms with E-state index in [0.717, 1.165) is 37.3 Å². The highest BCUT2D eigenvalue weighted by molar-refractivity contribution is 5.90. The van der Waals surface area contributed by atoms with Crippen molar-refractivity contribution in [2.24, 2.45) is 0 Å². The van der Waals surface area contributed by atoms with Gasteiger partial charge in [-0.25, -0.2) is 9.18 Å². The highest BCUT2D eigenvalue weighted by Gasteiger charge is 2.22. The van der Waals surface area contributed by atoms with Crippen molar-refractivity contribution in [3.63, 3.8) is 0 Å². The van der Waals surface area contributed by atoms with Crippen LogP contribution in [0.5, 0.6) is 0 Å². The summed E-state index contributed by atoms with van der Waals surface area (Å²) in [6, 6.07) is 12.7. The zero-order chi connectivity index (χ0) is 17.9.